The lowest BCUT2D eigenvalue weighted by molar-refractivity contribution is 0.0948. The first kappa shape index (κ1) is 15.7. The van der Waals surface area contributed by atoms with Gasteiger partial charge in [0.2, 0.25) is 0 Å². The maximum absolute atomic E-state index is 11.9. The van der Waals surface area contributed by atoms with Crippen LogP contribution >= 0.6 is 27.3 Å². The summed E-state index contributed by atoms with van der Waals surface area (Å²) in [6.45, 7) is 0.998. The summed E-state index contributed by atoms with van der Waals surface area (Å²) in [6, 6.07) is 7.20. The van der Waals surface area contributed by atoms with Crippen molar-refractivity contribution in [2.45, 2.75) is 6.42 Å². The molecule has 2 N–H and O–H groups in total. The molecule has 0 saturated heterocycles. The number of amides is 2. The van der Waals surface area contributed by atoms with Gasteiger partial charge in [0.25, 0.3) is 11.8 Å². The maximum Gasteiger partial charge on any atom is 0.270 e. The summed E-state index contributed by atoms with van der Waals surface area (Å²) in [5.74, 6) is -0.309. The molecule has 0 saturated carbocycles. The van der Waals surface area contributed by atoms with Crippen molar-refractivity contribution in [3.63, 3.8) is 0 Å². The van der Waals surface area contributed by atoms with Gasteiger partial charge in [-0.2, -0.15) is 0 Å². The smallest absolute Gasteiger partial charge is 0.270 e. The van der Waals surface area contributed by atoms with Gasteiger partial charge in [-0.05, 0) is 24.6 Å². The second kappa shape index (κ2) is 7.90. The largest absolute Gasteiger partial charge is 0.352 e. The van der Waals surface area contributed by atoms with Crippen molar-refractivity contribution in [2.24, 2.45) is 0 Å². The van der Waals surface area contributed by atoms with Crippen LogP contribution in [0.4, 0.5) is 0 Å². The molecule has 2 rings (SSSR count). The van der Waals surface area contributed by atoms with Crippen molar-refractivity contribution in [3.8, 4) is 0 Å². The number of thiazole rings is 1. The number of nitrogens with zero attached hydrogens (tertiary/aromatic N) is 1. The molecule has 2 amide bonds. The molecule has 0 fully saturated rings. The zero-order chi connectivity index (χ0) is 15.1. The summed E-state index contributed by atoms with van der Waals surface area (Å²) in [5, 5.41) is 7.26. The molecule has 5 nitrogen and oxygen atoms in total. The summed E-state index contributed by atoms with van der Waals surface area (Å²) in [6.07, 6.45) is 0.662. The van der Waals surface area contributed by atoms with Gasteiger partial charge >= 0.3 is 0 Å². The minimum Gasteiger partial charge on any atom is -0.352 e. The van der Waals surface area contributed by atoms with Gasteiger partial charge in [-0.1, -0.05) is 22.0 Å². The predicted molar refractivity (Wildman–Crippen MR) is 85.5 cm³/mol. The third-order valence-electron chi connectivity index (χ3n) is 2.68. The van der Waals surface area contributed by atoms with E-state index in [1.165, 1.54) is 11.3 Å². The SMILES string of the molecule is O=C(NCCCNC(=O)c1cscn1)c1cccc(Br)c1. The zero-order valence-corrected chi connectivity index (χ0v) is 13.5. The van der Waals surface area contributed by atoms with E-state index in [0.29, 0.717) is 30.8 Å². The second-order valence-electron chi connectivity index (χ2n) is 4.25. The van der Waals surface area contributed by atoms with Crippen LogP contribution in [0.2, 0.25) is 0 Å². The van der Waals surface area contributed by atoms with Gasteiger partial charge in [0.05, 0.1) is 5.51 Å². The highest BCUT2D eigenvalue weighted by molar-refractivity contribution is 9.10. The Morgan fingerprint density at radius 2 is 1.95 bits per heavy atom. The quantitative estimate of drug-likeness (QED) is 0.770. The number of carbonyl (C=O) groups excluding carboxylic acids is 2. The van der Waals surface area contributed by atoms with E-state index in [1.54, 1.807) is 23.0 Å². The van der Waals surface area contributed by atoms with Gasteiger partial charge in [-0.25, -0.2) is 4.98 Å². The molecule has 0 radical (unpaired) electrons. The van der Waals surface area contributed by atoms with Crippen molar-refractivity contribution >= 4 is 39.1 Å². The molecule has 0 atom stereocenters. The molecule has 0 spiro atoms. The molecule has 0 aliphatic carbocycles. The average molecular weight is 368 g/mol. The van der Waals surface area contributed by atoms with Gasteiger partial charge in [0.1, 0.15) is 5.69 Å². The first-order valence-electron chi connectivity index (χ1n) is 6.37. The Bertz CT molecular complexity index is 616. The fourth-order valence-electron chi connectivity index (χ4n) is 1.64. The second-order valence-corrected chi connectivity index (χ2v) is 5.88. The van der Waals surface area contributed by atoms with Gasteiger partial charge in [0.15, 0.2) is 0 Å². The first-order chi connectivity index (χ1) is 10.2. The number of nitrogens with one attached hydrogen (secondary N) is 2. The molecular formula is C14H14BrN3O2S. The summed E-state index contributed by atoms with van der Waals surface area (Å²) in [4.78, 5) is 27.4. The normalized spacial score (nSPS) is 10.1. The van der Waals surface area contributed by atoms with Gasteiger partial charge in [-0.3, -0.25) is 9.59 Å². The minimum atomic E-state index is -0.186. The number of halogens is 1. The number of carbonyl (C=O) groups is 2. The number of hydrogen-bond acceptors (Lipinski definition) is 4. The van der Waals surface area contributed by atoms with Gasteiger partial charge in [-0.15, -0.1) is 11.3 Å². The molecule has 21 heavy (non-hydrogen) atoms. The lowest BCUT2D eigenvalue weighted by Crippen LogP contribution is -2.30. The van der Waals surface area contributed by atoms with Crippen LogP contribution in [0.15, 0.2) is 39.6 Å². The fourth-order valence-corrected chi connectivity index (χ4v) is 2.57. The Morgan fingerprint density at radius 3 is 2.62 bits per heavy atom. The van der Waals surface area contributed by atoms with Crippen LogP contribution in [0.1, 0.15) is 27.3 Å². The van der Waals surface area contributed by atoms with E-state index in [1.807, 2.05) is 12.1 Å². The topological polar surface area (TPSA) is 71.1 Å². The highest BCUT2D eigenvalue weighted by Gasteiger charge is 2.07. The van der Waals surface area contributed by atoms with E-state index < -0.39 is 0 Å². The van der Waals surface area contributed by atoms with E-state index in [-0.39, 0.29) is 11.8 Å². The Labute approximate surface area is 134 Å². The van der Waals surface area contributed by atoms with Crippen molar-refractivity contribution < 1.29 is 9.59 Å². The number of benzene rings is 1. The van der Waals surface area contributed by atoms with Crippen LogP contribution in [0.3, 0.4) is 0 Å². The lowest BCUT2D eigenvalue weighted by Gasteiger charge is -2.06. The number of hydrogen-bond donors (Lipinski definition) is 2. The van der Waals surface area contributed by atoms with Gasteiger partial charge < -0.3 is 10.6 Å². The number of rotatable bonds is 6. The molecule has 0 unspecified atom stereocenters. The Morgan fingerprint density at radius 1 is 1.19 bits per heavy atom. The molecule has 7 heteroatoms. The fraction of sp³-hybridized carbons (Fsp3) is 0.214. The zero-order valence-electron chi connectivity index (χ0n) is 11.1. The van der Waals surface area contributed by atoms with Crippen molar-refractivity contribution in [3.05, 3.63) is 50.9 Å². The predicted octanol–water partition coefficient (Wildman–Crippen LogP) is 2.46. The summed E-state index contributed by atoms with van der Waals surface area (Å²) >= 11 is 4.71. The summed E-state index contributed by atoms with van der Waals surface area (Å²) in [7, 11) is 0. The van der Waals surface area contributed by atoms with Crippen LogP contribution < -0.4 is 10.6 Å². The standard InChI is InChI=1S/C14H14BrN3O2S/c15-11-4-1-3-10(7-11)13(19)16-5-2-6-17-14(20)12-8-21-9-18-12/h1,3-4,7-9H,2,5-6H2,(H,16,19)(H,17,20). The Hall–Kier alpha value is -1.73. The molecule has 1 heterocycles. The van der Waals surface area contributed by atoms with Crippen LogP contribution in [0.25, 0.3) is 0 Å². The molecule has 2 aromatic rings. The van der Waals surface area contributed by atoms with E-state index in [0.717, 1.165) is 4.47 Å². The molecule has 110 valence electrons. The Kier molecular flexibility index (Phi) is 5.89. The number of aromatic nitrogens is 1. The van der Waals surface area contributed by atoms with Gasteiger partial charge in [0, 0.05) is 28.5 Å². The average Bonchev–Trinajstić information content (AvgIpc) is 3.00. The lowest BCUT2D eigenvalue weighted by atomic mass is 10.2. The van der Waals surface area contributed by atoms with E-state index >= 15 is 0 Å². The summed E-state index contributed by atoms with van der Waals surface area (Å²) < 4.78 is 0.866. The van der Waals surface area contributed by atoms with E-state index in [2.05, 4.69) is 31.5 Å². The monoisotopic (exact) mass is 367 g/mol. The highest BCUT2D eigenvalue weighted by atomic mass is 79.9. The first-order valence-corrected chi connectivity index (χ1v) is 8.10. The van der Waals surface area contributed by atoms with E-state index in [9.17, 15) is 9.59 Å². The molecule has 1 aromatic heterocycles. The van der Waals surface area contributed by atoms with Crippen molar-refractivity contribution in [1.82, 2.24) is 15.6 Å². The molecule has 0 aliphatic rings. The molecule has 0 aliphatic heterocycles. The van der Waals surface area contributed by atoms with Crippen LogP contribution in [-0.2, 0) is 0 Å². The van der Waals surface area contributed by atoms with Crippen molar-refractivity contribution in [2.75, 3.05) is 13.1 Å². The highest BCUT2D eigenvalue weighted by Crippen LogP contribution is 2.11. The van der Waals surface area contributed by atoms with Crippen LogP contribution in [0, 0.1) is 0 Å². The van der Waals surface area contributed by atoms with E-state index in [4.69, 9.17) is 0 Å². The minimum absolute atomic E-state index is 0.123. The van der Waals surface area contributed by atoms with Crippen molar-refractivity contribution in [1.29, 1.82) is 0 Å². The third kappa shape index (κ3) is 4.95. The third-order valence-corrected chi connectivity index (χ3v) is 3.76. The summed E-state index contributed by atoms with van der Waals surface area (Å²) in [5.41, 5.74) is 2.65. The molecule has 1 aromatic carbocycles. The van der Waals surface area contributed by atoms with Crippen LogP contribution in [-0.4, -0.2) is 29.9 Å². The Balaban J connectivity index is 1.66. The maximum atomic E-state index is 11.9. The molecule has 0 bridgehead atoms. The van der Waals surface area contributed by atoms with Crippen LogP contribution in [0.5, 0.6) is 0 Å². The molecular weight excluding hydrogens is 354 g/mol.